The van der Waals surface area contributed by atoms with Gasteiger partial charge in [-0.15, -0.1) is 0 Å². The Morgan fingerprint density at radius 2 is 1.73 bits per heavy atom. The highest BCUT2D eigenvalue weighted by molar-refractivity contribution is 6.30. The maximum absolute atomic E-state index is 13.3. The number of carboxylic acid groups (broad SMARTS) is 1. The van der Waals surface area contributed by atoms with E-state index >= 15 is 0 Å². The Balaban J connectivity index is 1.77. The first-order chi connectivity index (χ1) is 19.4. The molecule has 0 bridgehead atoms. The largest absolute Gasteiger partial charge is 0.471 e. The van der Waals surface area contributed by atoms with Crippen molar-refractivity contribution in [2.45, 2.75) is 56.8 Å². The summed E-state index contributed by atoms with van der Waals surface area (Å²) in [6, 6.07) is 13.0. The number of rotatable bonds is 12. The lowest BCUT2D eigenvalue weighted by atomic mass is 9.84. The van der Waals surface area contributed by atoms with Gasteiger partial charge in [-0.2, -0.15) is 13.2 Å². The molecule has 0 heterocycles. The Morgan fingerprint density at radius 3 is 2.37 bits per heavy atom. The minimum Gasteiger partial charge on any atom is -0.465 e. The average molecular weight is 598 g/mol. The third-order valence-corrected chi connectivity index (χ3v) is 7.27. The second-order valence-electron chi connectivity index (χ2n) is 10.3. The molecule has 0 radical (unpaired) electrons. The van der Waals surface area contributed by atoms with Gasteiger partial charge >= 0.3 is 18.2 Å². The van der Waals surface area contributed by atoms with Crippen molar-refractivity contribution in [2.75, 3.05) is 26.7 Å². The quantitative estimate of drug-likeness (QED) is 0.268. The Morgan fingerprint density at radius 1 is 1.07 bits per heavy atom. The zero-order chi connectivity index (χ0) is 30.0. The lowest BCUT2D eigenvalue weighted by Crippen LogP contribution is -2.45. The number of likely N-dealkylation sites (N-methyl/N-ethyl adjacent to an activating group) is 1. The third-order valence-electron chi connectivity index (χ3n) is 7.03. The molecule has 2 aromatic rings. The molecule has 2 aromatic carbocycles. The number of carbonyl (C=O) groups is 3. The summed E-state index contributed by atoms with van der Waals surface area (Å²) >= 11 is 6.16. The number of carbonyl (C=O) groups excluding carboxylic acids is 2. The molecule has 0 saturated heterocycles. The second kappa shape index (κ2) is 15.1. The summed E-state index contributed by atoms with van der Waals surface area (Å²) in [5.41, 5.74) is 1.47. The van der Waals surface area contributed by atoms with Crippen LogP contribution in [-0.4, -0.2) is 66.9 Å². The minimum atomic E-state index is -5.00. The van der Waals surface area contributed by atoms with Crippen molar-refractivity contribution in [3.05, 3.63) is 70.2 Å². The molecule has 1 saturated carbocycles. The summed E-state index contributed by atoms with van der Waals surface area (Å²) in [4.78, 5) is 37.1. The molecule has 224 valence electrons. The second-order valence-corrected chi connectivity index (χ2v) is 10.7. The van der Waals surface area contributed by atoms with E-state index in [-0.39, 0.29) is 31.6 Å². The van der Waals surface area contributed by atoms with Crippen LogP contribution in [-0.2, 0) is 9.53 Å². The summed E-state index contributed by atoms with van der Waals surface area (Å²) in [6.45, 7) is -0.467. The van der Waals surface area contributed by atoms with Crippen molar-refractivity contribution in [3.63, 3.8) is 0 Å². The summed E-state index contributed by atoms with van der Waals surface area (Å²) in [7, 11) is 1.47. The van der Waals surface area contributed by atoms with Crippen molar-refractivity contribution < 1.29 is 37.4 Å². The first kappa shape index (κ1) is 32.2. The normalized spacial score (nSPS) is 15.5. The Hall–Kier alpha value is -3.31. The van der Waals surface area contributed by atoms with E-state index in [4.69, 9.17) is 16.3 Å². The van der Waals surface area contributed by atoms with Crippen LogP contribution >= 0.6 is 11.6 Å². The van der Waals surface area contributed by atoms with Crippen molar-refractivity contribution in [2.24, 2.45) is 5.92 Å². The molecular formula is C29H35ClF3N3O5. The van der Waals surface area contributed by atoms with E-state index in [9.17, 15) is 32.7 Å². The molecule has 0 aliphatic heterocycles. The maximum Gasteiger partial charge on any atom is 0.471 e. The molecule has 41 heavy (non-hydrogen) atoms. The van der Waals surface area contributed by atoms with Crippen LogP contribution in [0.4, 0.5) is 18.0 Å². The van der Waals surface area contributed by atoms with E-state index in [1.165, 1.54) is 13.5 Å². The topological polar surface area (TPSA) is 108 Å². The standard InChI is InChI=1S/C29H35ClF3N3O5/c1-36(28(39)40)18-24(15-19-7-3-2-4-8-19)35-26(37)22-11-5-9-20(16-22)25(21-10-6-12-23(30)17-21)41-14-13-34-27(38)29(31,32)33/h5-6,9-12,16-17,19,24-25H,2-4,7-8,13-15,18H2,1H3,(H,34,38)(H,35,37)(H,39,40)/t24-,25?/m1/s1. The van der Waals surface area contributed by atoms with Gasteiger partial charge in [0.05, 0.1) is 6.61 Å². The highest BCUT2D eigenvalue weighted by Gasteiger charge is 2.38. The summed E-state index contributed by atoms with van der Waals surface area (Å²) < 4.78 is 43.5. The average Bonchev–Trinajstić information content (AvgIpc) is 2.92. The minimum absolute atomic E-state index is 0.148. The number of amides is 3. The van der Waals surface area contributed by atoms with E-state index < -0.39 is 24.3 Å². The molecule has 1 unspecified atom stereocenters. The molecule has 12 heteroatoms. The van der Waals surface area contributed by atoms with Crippen LogP contribution in [0.2, 0.25) is 5.02 Å². The molecule has 0 spiro atoms. The van der Waals surface area contributed by atoms with Crippen molar-refractivity contribution in [3.8, 4) is 0 Å². The van der Waals surface area contributed by atoms with E-state index in [0.29, 0.717) is 34.1 Å². The van der Waals surface area contributed by atoms with E-state index in [1.54, 1.807) is 53.8 Å². The highest BCUT2D eigenvalue weighted by Crippen LogP contribution is 2.30. The Labute approximate surface area is 242 Å². The molecule has 3 rings (SSSR count). The number of hydrogen-bond donors (Lipinski definition) is 3. The van der Waals surface area contributed by atoms with Gasteiger partial charge in [0.2, 0.25) is 0 Å². The van der Waals surface area contributed by atoms with Crippen molar-refractivity contribution in [1.29, 1.82) is 0 Å². The number of alkyl halides is 3. The summed E-state index contributed by atoms with van der Waals surface area (Å²) in [5, 5.41) is 14.6. The first-order valence-corrected chi connectivity index (χ1v) is 13.9. The molecule has 1 aliphatic carbocycles. The van der Waals surface area contributed by atoms with Crippen LogP contribution in [0.1, 0.15) is 66.1 Å². The monoisotopic (exact) mass is 597 g/mol. The van der Waals surface area contributed by atoms with Gasteiger partial charge in [0.1, 0.15) is 6.10 Å². The first-order valence-electron chi connectivity index (χ1n) is 13.5. The summed E-state index contributed by atoms with van der Waals surface area (Å²) in [5.74, 6) is -2.04. The predicted molar refractivity (Wildman–Crippen MR) is 148 cm³/mol. The number of hydrogen-bond acceptors (Lipinski definition) is 4. The molecular weight excluding hydrogens is 563 g/mol. The maximum atomic E-state index is 13.3. The SMILES string of the molecule is CN(C[C@@H](CC1CCCCC1)NC(=O)c1cccc(C(OCCNC(=O)C(F)(F)F)c2cccc(Cl)c2)c1)C(=O)O. The third kappa shape index (κ3) is 10.2. The fourth-order valence-electron chi connectivity index (χ4n) is 5.02. The highest BCUT2D eigenvalue weighted by atomic mass is 35.5. The number of benzene rings is 2. The van der Waals surface area contributed by atoms with Crippen LogP contribution < -0.4 is 10.6 Å². The van der Waals surface area contributed by atoms with Crippen LogP contribution in [0.25, 0.3) is 0 Å². The lowest BCUT2D eigenvalue weighted by Gasteiger charge is -2.29. The van der Waals surface area contributed by atoms with Gasteiger partial charge < -0.3 is 25.4 Å². The molecule has 1 fully saturated rings. The van der Waals surface area contributed by atoms with Gasteiger partial charge in [-0.05, 0) is 47.7 Å². The van der Waals surface area contributed by atoms with Crippen LogP contribution in [0.15, 0.2) is 48.5 Å². The molecule has 3 amide bonds. The van der Waals surface area contributed by atoms with Gasteiger partial charge in [-0.1, -0.05) is 68.0 Å². The van der Waals surface area contributed by atoms with Crippen LogP contribution in [0.3, 0.4) is 0 Å². The Kier molecular flexibility index (Phi) is 11.8. The molecule has 1 aliphatic rings. The van der Waals surface area contributed by atoms with Gasteiger partial charge in [-0.25, -0.2) is 4.79 Å². The molecule has 3 N–H and O–H groups in total. The Bertz CT molecular complexity index is 1190. The number of halogens is 4. The van der Waals surface area contributed by atoms with Gasteiger partial charge in [-0.3, -0.25) is 9.59 Å². The zero-order valence-electron chi connectivity index (χ0n) is 22.8. The smallest absolute Gasteiger partial charge is 0.465 e. The van der Waals surface area contributed by atoms with E-state index in [1.807, 2.05) is 0 Å². The molecule has 8 nitrogen and oxygen atoms in total. The van der Waals surface area contributed by atoms with Gasteiger partial charge in [0, 0.05) is 36.8 Å². The van der Waals surface area contributed by atoms with Crippen LogP contribution in [0.5, 0.6) is 0 Å². The van der Waals surface area contributed by atoms with Crippen LogP contribution in [0, 0.1) is 5.92 Å². The van der Waals surface area contributed by atoms with Gasteiger partial charge in [0.25, 0.3) is 5.91 Å². The van der Waals surface area contributed by atoms with Gasteiger partial charge in [0.15, 0.2) is 0 Å². The summed E-state index contributed by atoms with van der Waals surface area (Å²) in [6.07, 6.45) is -0.701. The molecule has 2 atom stereocenters. The van der Waals surface area contributed by atoms with E-state index in [0.717, 1.165) is 30.6 Å². The number of nitrogens with zero attached hydrogens (tertiary/aromatic N) is 1. The van der Waals surface area contributed by atoms with Crippen molar-refractivity contribution in [1.82, 2.24) is 15.5 Å². The van der Waals surface area contributed by atoms with E-state index in [2.05, 4.69) is 5.32 Å². The fourth-order valence-corrected chi connectivity index (χ4v) is 5.22. The fraction of sp³-hybridized carbons (Fsp3) is 0.483. The number of ether oxygens (including phenoxy) is 1. The number of nitrogens with one attached hydrogen (secondary N) is 2. The van der Waals surface area contributed by atoms with Crippen molar-refractivity contribution >= 4 is 29.5 Å². The lowest BCUT2D eigenvalue weighted by molar-refractivity contribution is -0.173. The zero-order valence-corrected chi connectivity index (χ0v) is 23.5. The molecule has 0 aromatic heterocycles. The predicted octanol–water partition coefficient (Wildman–Crippen LogP) is 5.80.